The molecule has 30 heavy (non-hydrogen) atoms. The Morgan fingerprint density at radius 3 is 2.07 bits per heavy atom. The van der Waals surface area contributed by atoms with Gasteiger partial charge < -0.3 is 4.52 Å². The average molecular weight is 475 g/mol. The summed E-state index contributed by atoms with van der Waals surface area (Å²) in [5.74, 6) is -16.1. The van der Waals surface area contributed by atoms with Crippen LogP contribution >= 0.6 is 0 Å². The highest BCUT2D eigenvalue weighted by Gasteiger charge is 2.75. The average Bonchev–Trinajstić information content (AvgIpc) is 3.09. The standard InChI is InChI=1S/C15H8F11NO2S/c1-5-2-7(16)6(3-9(5)30(28)12(19)11(17)18)8-4-10(29-27-8)13(20,21)14(22,23)15(24,25)26/h2-4,11-12H,1H3. The van der Waals surface area contributed by atoms with Gasteiger partial charge in [-0.2, -0.15) is 30.7 Å². The van der Waals surface area contributed by atoms with Crippen molar-refractivity contribution in [1.82, 2.24) is 5.16 Å². The minimum atomic E-state index is -6.67. The molecule has 2 unspecified atom stereocenters. The van der Waals surface area contributed by atoms with Crippen LogP contribution in [0, 0.1) is 12.7 Å². The Balaban J connectivity index is 2.54. The molecular weight excluding hydrogens is 467 g/mol. The first kappa shape index (κ1) is 24.1. The Bertz CT molecular complexity index is 955. The summed E-state index contributed by atoms with van der Waals surface area (Å²) in [6.45, 7) is 1.05. The third-order valence-electron chi connectivity index (χ3n) is 3.73. The lowest BCUT2D eigenvalue weighted by Crippen LogP contribution is -2.49. The fraction of sp³-hybridized carbons (Fsp3) is 0.400. The lowest BCUT2D eigenvalue weighted by molar-refractivity contribution is -0.363. The number of halogens is 11. The van der Waals surface area contributed by atoms with E-state index in [0.717, 1.165) is 6.92 Å². The van der Waals surface area contributed by atoms with E-state index in [2.05, 4.69) is 9.68 Å². The molecule has 1 aromatic carbocycles. The van der Waals surface area contributed by atoms with E-state index in [9.17, 15) is 52.5 Å². The number of hydrogen-bond acceptors (Lipinski definition) is 3. The maximum absolute atomic E-state index is 14.1. The molecule has 1 aromatic heterocycles. The van der Waals surface area contributed by atoms with Gasteiger partial charge in [0.15, 0.2) is 0 Å². The first-order chi connectivity index (χ1) is 13.5. The van der Waals surface area contributed by atoms with Gasteiger partial charge in [-0.15, -0.1) is 0 Å². The van der Waals surface area contributed by atoms with E-state index in [1.54, 1.807) is 0 Å². The van der Waals surface area contributed by atoms with Crippen LogP contribution < -0.4 is 0 Å². The van der Waals surface area contributed by atoms with Gasteiger partial charge in [0, 0.05) is 16.5 Å². The van der Waals surface area contributed by atoms with Crippen LogP contribution in [-0.2, 0) is 16.7 Å². The Kier molecular flexibility index (Phi) is 6.27. The van der Waals surface area contributed by atoms with E-state index in [-0.39, 0.29) is 11.6 Å². The fourth-order valence-corrected chi connectivity index (χ4v) is 3.20. The van der Waals surface area contributed by atoms with Crippen molar-refractivity contribution >= 4 is 10.8 Å². The van der Waals surface area contributed by atoms with Crippen LogP contribution in [0.15, 0.2) is 27.6 Å². The highest BCUT2D eigenvalue weighted by molar-refractivity contribution is 7.85. The minimum absolute atomic E-state index is 0.139. The van der Waals surface area contributed by atoms with Gasteiger partial charge in [-0.25, -0.2) is 17.6 Å². The maximum Gasteiger partial charge on any atom is 0.460 e. The number of benzene rings is 1. The summed E-state index contributed by atoms with van der Waals surface area (Å²) in [6.07, 6.45) is -10.4. The molecule has 0 spiro atoms. The van der Waals surface area contributed by atoms with Crippen molar-refractivity contribution in [2.24, 2.45) is 0 Å². The molecule has 15 heteroatoms. The highest BCUT2D eigenvalue weighted by Crippen LogP contribution is 2.52. The molecule has 2 atom stereocenters. The lowest BCUT2D eigenvalue weighted by Gasteiger charge is -2.25. The van der Waals surface area contributed by atoms with Crippen LogP contribution in [0.3, 0.4) is 0 Å². The molecule has 0 aliphatic carbocycles. The number of rotatable bonds is 6. The Morgan fingerprint density at radius 2 is 1.57 bits per heavy atom. The third kappa shape index (κ3) is 4.03. The molecule has 2 rings (SSSR count). The Hall–Kier alpha value is -2.19. The van der Waals surface area contributed by atoms with Crippen LogP contribution in [0.1, 0.15) is 11.3 Å². The van der Waals surface area contributed by atoms with Crippen LogP contribution in [0.5, 0.6) is 0 Å². The maximum atomic E-state index is 14.1. The van der Waals surface area contributed by atoms with Crippen molar-refractivity contribution in [1.29, 1.82) is 0 Å². The SMILES string of the molecule is Cc1cc(F)c(-c2cc(C(F)(F)C(F)(F)C(F)(F)F)on2)cc1S(=O)C(F)C(F)F. The van der Waals surface area contributed by atoms with Crippen LogP contribution in [0.25, 0.3) is 11.3 Å². The van der Waals surface area contributed by atoms with Gasteiger partial charge in [0.2, 0.25) is 11.3 Å². The van der Waals surface area contributed by atoms with Crippen LogP contribution in [-0.4, -0.2) is 33.4 Å². The number of aryl methyl sites for hydroxylation is 1. The summed E-state index contributed by atoms with van der Waals surface area (Å²) in [4.78, 5) is -0.712. The van der Waals surface area contributed by atoms with Gasteiger partial charge in [0.25, 0.3) is 6.43 Å². The third-order valence-corrected chi connectivity index (χ3v) is 5.22. The summed E-state index contributed by atoms with van der Waals surface area (Å²) >= 11 is 0. The monoisotopic (exact) mass is 475 g/mol. The van der Waals surface area contributed by atoms with E-state index in [0.29, 0.717) is 12.1 Å². The molecule has 0 fully saturated rings. The molecule has 0 aliphatic heterocycles. The van der Waals surface area contributed by atoms with E-state index in [1.165, 1.54) is 0 Å². The minimum Gasteiger partial charge on any atom is -0.354 e. The molecule has 0 amide bonds. The van der Waals surface area contributed by atoms with E-state index in [4.69, 9.17) is 0 Å². The predicted octanol–water partition coefficient (Wildman–Crippen LogP) is 5.75. The zero-order valence-corrected chi connectivity index (χ0v) is 15.0. The Morgan fingerprint density at radius 1 is 1.00 bits per heavy atom. The topological polar surface area (TPSA) is 43.1 Å². The summed E-state index contributed by atoms with van der Waals surface area (Å²) in [6, 6.07) is 0.842. The molecule has 0 aliphatic rings. The summed E-state index contributed by atoms with van der Waals surface area (Å²) in [7, 11) is -3.06. The predicted molar refractivity (Wildman–Crippen MR) is 78.8 cm³/mol. The van der Waals surface area contributed by atoms with Crippen molar-refractivity contribution in [3.8, 4) is 11.3 Å². The first-order valence-electron chi connectivity index (χ1n) is 7.45. The van der Waals surface area contributed by atoms with Crippen molar-refractivity contribution in [3.05, 3.63) is 35.3 Å². The smallest absolute Gasteiger partial charge is 0.354 e. The van der Waals surface area contributed by atoms with Gasteiger partial charge >= 0.3 is 18.0 Å². The zero-order chi connectivity index (χ0) is 23.2. The lowest BCUT2D eigenvalue weighted by atomic mass is 10.1. The molecule has 0 saturated heterocycles. The second kappa shape index (κ2) is 7.81. The van der Waals surface area contributed by atoms with Gasteiger partial charge in [-0.05, 0) is 24.6 Å². The molecule has 0 N–H and O–H groups in total. The molecule has 2 aromatic rings. The largest absolute Gasteiger partial charge is 0.460 e. The van der Waals surface area contributed by atoms with E-state index in [1.807, 2.05) is 0 Å². The van der Waals surface area contributed by atoms with Crippen molar-refractivity contribution in [2.45, 2.75) is 41.8 Å². The Labute approximate surface area is 162 Å². The fourth-order valence-electron chi connectivity index (χ4n) is 2.16. The molecule has 0 radical (unpaired) electrons. The first-order valence-corrected chi connectivity index (χ1v) is 8.66. The second-order valence-electron chi connectivity index (χ2n) is 5.80. The quantitative estimate of drug-likeness (QED) is 0.500. The number of aromatic nitrogens is 1. The number of nitrogens with zero attached hydrogens (tertiary/aromatic N) is 1. The van der Waals surface area contributed by atoms with Gasteiger partial charge in [-0.3, -0.25) is 4.21 Å². The summed E-state index contributed by atoms with van der Waals surface area (Å²) < 4.78 is 158. The number of hydrogen-bond donors (Lipinski definition) is 0. The summed E-state index contributed by atoms with van der Waals surface area (Å²) in [5.41, 5.74) is -5.49. The molecular formula is C15H8F11NO2S. The van der Waals surface area contributed by atoms with Crippen molar-refractivity contribution in [2.75, 3.05) is 0 Å². The summed E-state index contributed by atoms with van der Waals surface area (Å²) in [5, 5.41) is 2.78. The second-order valence-corrected chi connectivity index (χ2v) is 7.29. The van der Waals surface area contributed by atoms with Gasteiger partial charge in [0.1, 0.15) is 11.5 Å². The normalized spacial score (nSPS) is 15.5. The zero-order valence-electron chi connectivity index (χ0n) is 14.2. The highest BCUT2D eigenvalue weighted by atomic mass is 32.2. The van der Waals surface area contributed by atoms with Crippen LogP contribution in [0.2, 0.25) is 0 Å². The van der Waals surface area contributed by atoms with Gasteiger partial charge in [0.05, 0.1) is 10.8 Å². The van der Waals surface area contributed by atoms with Crippen molar-refractivity contribution < 1.29 is 57.0 Å². The van der Waals surface area contributed by atoms with E-state index >= 15 is 0 Å². The van der Waals surface area contributed by atoms with E-state index < -0.39 is 68.5 Å². The van der Waals surface area contributed by atoms with Crippen LogP contribution in [0.4, 0.5) is 48.3 Å². The number of alkyl halides is 10. The molecule has 0 saturated carbocycles. The molecule has 0 bridgehead atoms. The molecule has 1 heterocycles. The molecule has 3 nitrogen and oxygen atoms in total. The van der Waals surface area contributed by atoms with Gasteiger partial charge in [-0.1, -0.05) is 5.16 Å². The molecule has 168 valence electrons. The van der Waals surface area contributed by atoms with Crippen molar-refractivity contribution in [3.63, 3.8) is 0 Å².